The number of carbonyl (C=O) groups excluding carboxylic acids is 1. The van der Waals surface area contributed by atoms with E-state index in [0.717, 1.165) is 23.8 Å². The minimum absolute atomic E-state index is 0.00343. The summed E-state index contributed by atoms with van der Waals surface area (Å²) in [6, 6.07) is 7.30. The molecule has 0 radical (unpaired) electrons. The molecule has 5 heteroatoms. The maximum Gasteiger partial charge on any atom is 0.239 e. The first-order chi connectivity index (χ1) is 9.63. The van der Waals surface area contributed by atoms with Gasteiger partial charge >= 0.3 is 0 Å². The zero-order valence-electron chi connectivity index (χ0n) is 11.5. The zero-order valence-corrected chi connectivity index (χ0v) is 12.2. The van der Waals surface area contributed by atoms with Crippen LogP contribution < -0.4 is 10.6 Å². The highest BCUT2D eigenvalue weighted by atomic mass is 35.5. The molecule has 1 aliphatic rings. The van der Waals surface area contributed by atoms with Crippen molar-refractivity contribution in [2.45, 2.75) is 12.5 Å². The molecular formula is C15H20ClN3O. The monoisotopic (exact) mass is 293 g/mol. The Labute approximate surface area is 124 Å². The van der Waals surface area contributed by atoms with Crippen LogP contribution in [0, 0.1) is 0 Å². The molecule has 20 heavy (non-hydrogen) atoms. The first kappa shape index (κ1) is 14.9. The van der Waals surface area contributed by atoms with Crippen LogP contribution in [0.5, 0.6) is 0 Å². The number of rotatable bonds is 4. The van der Waals surface area contributed by atoms with Gasteiger partial charge in [-0.2, -0.15) is 0 Å². The van der Waals surface area contributed by atoms with Gasteiger partial charge in [0.25, 0.3) is 0 Å². The SMILES string of the molecule is C=CCC(N)C(=O)N1CCN(c2ccccc2Cl)CC1. The summed E-state index contributed by atoms with van der Waals surface area (Å²) < 4.78 is 0. The molecule has 1 aromatic rings. The number of amides is 1. The Kier molecular flexibility index (Phi) is 5.04. The van der Waals surface area contributed by atoms with Crippen molar-refractivity contribution in [3.63, 3.8) is 0 Å². The number of nitrogens with zero attached hydrogens (tertiary/aromatic N) is 2. The standard InChI is InChI=1S/C15H20ClN3O/c1-2-5-13(17)15(20)19-10-8-18(9-11-19)14-7-4-3-6-12(14)16/h2-4,6-7,13H,1,5,8-11,17H2. The Bertz CT molecular complexity index is 484. The highest BCUT2D eigenvalue weighted by Crippen LogP contribution is 2.26. The Balaban J connectivity index is 1.94. The average molecular weight is 294 g/mol. The molecule has 1 fully saturated rings. The number of benzene rings is 1. The van der Waals surface area contributed by atoms with Crippen LogP contribution in [0.3, 0.4) is 0 Å². The van der Waals surface area contributed by atoms with Crippen molar-refractivity contribution in [3.05, 3.63) is 41.9 Å². The van der Waals surface area contributed by atoms with E-state index in [9.17, 15) is 4.79 Å². The summed E-state index contributed by atoms with van der Waals surface area (Å²) in [5, 5.41) is 0.746. The lowest BCUT2D eigenvalue weighted by Gasteiger charge is -2.37. The lowest BCUT2D eigenvalue weighted by Crippen LogP contribution is -2.53. The molecule has 1 aromatic carbocycles. The lowest BCUT2D eigenvalue weighted by atomic mass is 10.1. The largest absolute Gasteiger partial charge is 0.367 e. The fourth-order valence-corrected chi connectivity index (χ4v) is 2.65. The third-order valence-electron chi connectivity index (χ3n) is 3.52. The van der Waals surface area contributed by atoms with Crippen molar-refractivity contribution in [1.29, 1.82) is 0 Å². The summed E-state index contributed by atoms with van der Waals surface area (Å²) in [4.78, 5) is 16.1. The summed E-state index contributed by atoms with van der Waals surface area (Å²) in [7, 11) is 0. The molecule has 1 aliphatic heterocycles. The van der Waals surface area contributed by atoms with Gasteiger partial charge in [-0.05, 0) is 18.6 Å². The molecule has 0 aliphatic carbocycles. The van der Waals surface area contributed by atoms with Gasteiger partial charge in [-0.3, -0.25) is 4.79 Å². The van der Waals surface area contributed by atoms with E-state index < -0.39 is 6.04 Å². The van der Waals surface area contributed by atoms with Crippen LogP contribution in [0.1, 0.15) is 6.42 Å². The maximum absolute atomic E-state index is 12.1. The predicted octanol–water partition coefficient (Wildman–Crippen LogP) is 1.89. The summed E-state index contributed by atoms with van der Waals surface area (Å²) >= 11 is 6.19. The van der Waals surface area contributed by atoms with Gasteiger partial charge in [-0.15, -0.1) is 6.58 Å². The Morgan fingerprint density at radius 3 is 2.60 bits per heavy atom. The minimum atomic E-state index is -0.473. The first-order valence-corrected chi connectivity index (χ1v) is 7.16. The number of halogens is 1. The number of anilines is 1. The number of carbonyl (C=O) groups is 1. The van der Waals surface area contributed by atoms with Crippen molar-refractivity contribution >= 4 is 23.2 Å². The fraction of sp³-hybridized carbons (Fsp3) is 0.400. The van der Waals surface area contributed by atoms with E-state index in [0.29, 0.717) is 19.5 Å². The quantitative estimate of drug-likeness (QED) is 0.863. The summed E-state index contributed by atoms with van der Waals surface area (Å²) in [6.45, 7) is 6.52. The molecule has 2 rings (SSSR count). The molecule has 0 saturated carbocycles. The molecule has 0 aromatic heterocycles. The third kappa shape index (κ3) is 3.32. The highest BCUT2D eigenvalue weighted by molar-refractivity contribution is 6.33. The molecule has 108 valence electrons. The minimum Gasteiger partial charge on any atom is -0.367 e. The molecular weight excluding hydrogens is 274 g/mol. The van der Waals surface area contributed by atoms with Gasteiger partial charge in [0, 0.05) is 26.2 Å². The van der Waals surface area contributed by atoms with Crippen LogP contribution >= 0.6 is 11.6 Å². The van der Waals surface area contributed by atoms with Crippen molar-refractivity contribution in [2.75, 3.05) is 31.1 Å². The fourth-order valence-electron chi connectivity index (χ4n) is 2.39. The van der Waals surface area contributed by atoms with E-state index in [1.807, 2.05) is 29.2 Å². The van der Waals surface area contributed by atoms with Gasteiger partial charge in [0.2, 0.25) is 5.91 Å². The number of para-hydroxylation sites is 1. The van der Waals surface area contributed by atoms with Gasteiger partial charge in [-0.25, -0.2) is 0 Å². The molecule has 1 amide bonds. The van der Waals surface area contributed by atoms with Crippen molar-refractivity contribution in [3.8, 4) is 0 Å². The number of hydrogen-bond acceptors (Lipinski definition) is 3. The second-order valence-electron chi connectivity index (χ2n) is 4.89. The van der Waals surface area contributed by atoms with Gasteiger partial charge in [0.15, 0.2) is 0 Å². The van der Waals surface area contributed by atoms with Crippen LogP contribution in [0.2, 0.25) is 5.02 Å². The van der Waals surface area contributed by atoms with E-state index in [1.54, 1.807) is 6.08 Å². The van der Waals surface area contributed by atoms with Crippen LogP contribution in [-0.2, 0) is 4.79 Å². The van der Waals surface area contributed by atoms with Crippen molar-refractivity contribution < 1.29 is 4.79 Å². The molecule has 1 unspecified atom stereocenters. The van der Waals surface area contributed by atoms with Crippen LogP contribution in [-0.4, -0.2) is 43.0 Å². The number of hydrogen-bond donors (Lipinski definition) is 1. The highest BCUT2D eigenvalue weighted by Gasteiger charge is 2.25. The van der Waals surface area contributed by atoms with Crippen molar-refractivity contribution in [2.24, 2.45) is 5.73 Å². The van der Waals surface area contributed by atoms with Crippen LogP contribution in [0.25, 0.3) is 0 Å². The lowest BCUT2D eigenvalue weighted by molar-refractivity contribution is -0.132. The second kappa shape index (κ2) is 6.77. The topological polar surface area (TPSA) is 49.6 Å². The maximum atomic E-state index is 12.1. The third-order valence-corrected chi connectivity index (χ3v) is 3.84. The summed E-state index contributed by atoms with van der Waals surface area (Å²) in [5.41, 5.74) is 6.86. The van der Waals surface area contributed by atoms with E-state index in [2.05, 4.69) is 11.5 Å². The molecule has 1 heterocycles. The Morgan fingerprint density at radius 1 is 1.35 bits per heavy atom. The van der Waals surface area contributed by atoms with E-state index in [4.69, 9.17) is 17.3 Å². The smallest absolute Gasteiger partial charge is 0.239 e. The van der Waals surface area contributed by atoms with Gasteiger partial charge < -0.3 is 15.5 Å². The molecule has 2 N–H and O–H groups in total. The van der Waals surface area contributed by atoms with Gasteiger partial charge in [0.05, 0.1) is 16.8 Å². The Hall–Kier alpha value is -1.52. The number of nitrogens with two attached hydrogens (primary N) is 1. The predicted molar refractivity (Wildman–Crippen MR) is 83.0 cm³/mol. The van der Waals surface area contributed by atoms with Crippen molar-refractivity contribution in [1.82, 2.24) is 4.90 Å². The molecule has 1 atom stereocenters. The Morgan fingerprint density at radius 2 is 2.00 bits per heavy atom. The van der Waals surface area contributed by atoms with E-state index in [-0.39, 0.29) is 5.91 Å². The van der Waals surface area contributed by atoms with E-state index in [1.165, 1.54) is 0 Å². The molecule has 4 nitrogen and oxygen atoms in total. The zero-order chi connectivity index (χ0) is 14.5. The van der Waals surface area contributed by atoms with Gasteiger partial charge in [0.1, 0.15) is 0 Å². The average Bonchev–Trinajstić information content (AvgIpc) is 2.47. The molecule has 1 saturated heterocycles. The van der Waals surface area contributed by atoms with Gasteiger partial charge in [-0.1, -0.05) is 29.8 Å². The first-order valence-electron chi connectivity index (χ1n) is 6.78. The normalized spacial score (nSPS) is 16.9. The van der Waals surface area contributed by atoms with Crippen LogP contribution in [0.15, 0.2) is 36.9 Å². The number of piperazine rings is 1. The second-order valence-corrected chi connectivity index (χ2v) is 5.30. The summed E-state index contributed by atoms with van der Waals surface area (Å²) in [6.07, 6.45) is 2.20. The van der Waals surface area contributed by atoms with E-state index >= 15 is 0 Å². The summed E-state index contributed by atoms with van der Waals surface area (Å²) in [5.74, 6) is 0.00343. The molecule has 0 bridgehead atoms. The molecule has 0 spiro atoms. The van der Waals surface area contributed by atoms with Crippen LogP contribution in [0.4, 0.5) is 5.69 Å².